The Kier molecular flexibility index (Phi) is 4.33. The molecule has 1 rings (SSSR count). The molecule has 0 N–H and O–H groups in total. The van der Waals surface area contributed by atoms with E-state index in [4.69, 9.17) is 9.47 Å². The Morgan fingerprint density at radius 1 is 1.13 bits per heavy atom. The molecule has 0 fully saturated rings. The largest absolute Gasteiger partial charge is 0.493 e. The minimum atomic E-state index is 0.143. The van der Waals surface area contributed by atoms with E-state index in [1.165, 1.54) is 0 Å². The summed E-state index contributed by atoms with van der Waals surface area (Å²) in [4.78, 5) is 0. The van der Waals surface area contributed by atoms with Crippen molar-refractivity contribution in [2.75, 3.05) is 7.11 Å². The zero-order chi connectivity index (χ0) is 11.4. The zero-order valence-corrected chi connectivity index (χ0v) is 10.5. The number of methoxy groups -OCH3 is 1. The van der Waals surface area contributed by atoms with Crippen LogP contribution in [0.2, 0.25) is 0 Å². The topological polar surface area (TPSA) is 18.5 Å². The summed E-state index contributed by atoms with van der Waals surface area (Å²) in [6.45, 7) is 6.02. The third-order valence-electron chi connectivity index (χ3n) is 2.03. The SMILES string of the molecule is COc1ccc(C(C)S)cc1OC(C)C. The molecule has 0 aliphatic rings. The first kappa shape index (κ1) is 12.2. The smallest absolute Gasteiger partial charge is 0.161 e. The molecule has 0 heterocycles. The van der Waals surface area contributed by atoms with Gasteiger partial charge in [-0.25, -0.2) is 0 Å². The highest BCUT2D eigenvalue weighted by atomic mass is 32.1. The molecule has 0 spiro atoms. The molecule has 0 aliphatic carbocycles. The fourth-order valence-electron chi connectivity index (χ4n) is 1.30. The van der Waals surface area contributed by atoms with Crippen LogP contribution in [0.25, 0.3) is 0 Å². The minimum Gasteiger partial charge on any atom is -0.493 e. The molecular weight excluding hydrogens is 208 g/mol. The van der Waals surface area contributed by atoms with Crippen LogP contribution < -0.4 is 9.47 Å². The molecule has 15 heavy (non-hydrogen) atoms. The Morgan fingerprint density at radius 2 is 1.80 bits per heavy atom. The van der Waals surface area contributed by atoms with Crippen LogP contribution in [0.5, 0.6) is 11.5 Å². The molecule has 1 aromatic carbocycles. The van der Waals surface area contributed by atoms with Crippen molar-refractivity contribution in [1.82, 2.24) is 0 Å². The van der Waals surface area contributed by atoms with Gasteiger partial charge in [0.15, 0.2) is 11.5 Å². The predicted molar refractivity (Wildman–Crippen MR) is 66.2 cm³/mol. The van der Waals surface area contributed by atoms with Crippen molar-refractivity contribution in [1.29, 1.82) is 0 Å². The van der Waals surface area contributed by atoms with E-state index in [0.717, 1.165) is 17.1 Å². The summed E-state index contributed by atoms with van der Waals surface area (Å²) in [5.74, 6) is 1.55. The first-order chi connectivity index (χ1) is 7.04. The first-order valence-electron chi connectivity index (χ1n) is 5.07. The Bertz CT molecular complexity index is 321. The van der Waals surface area contributed by atoms with Crippen LogP contribution in [0.15, 0.2) is 18.2 Å². The van der Waals surface area contributed by atoms with Crippen molar-refractivity contribution >= 4 is 12.6 Å². The van der Waals surface area contributed by atoms with Gasteiger partial charge >= 0.3 is 0 Å². The van der Waals surface area contributed by atoms with Gasteiger partial charge in [0, 0.05) is 5.25 Å². The third kappa shape index (κ3) is 3.34. The van der Waals surface area contributed by atoms with Gasteiger partial charge in [0.25, 0.3) is 0 Å². The molecule has 0 saturated heterocycles. The molecule has 0 aliphatic heterocycles. The van der Waals surface area contributed by atoms with Gasteiger partial charge in [0.2, 0.25) is 0 Å². The van der Waals surface area contributed by atoms with Crippen molar-refractivity contribution < 1.29 is 9.47 Å². The molecule has 0 aromatic heterocycles. The minimum absolute atomic E-state index is 0.143. The van der Waals surface area contributed by atoms with Crippen LogP contribution >= 0.6 is 12.6 Å². The maximum atomic E-state index is 5.67. The lowest BCUT2D eigenvalue weighted by Crippen LogP contribution is -2.07. The summed E-state index contributed by atoms with van der Waals surface area (Å²) in [5.41, 5.74) is 1.13. The molecule has 0 bridgehead atoms. The highest BCUT2D eigenvalue weighted by Crippen LogP contribution is 2.32. The van der Waals surface area contributed by atoms with Gasteiger partial charge in [-0.3, -0.25) is 0 Å². The van der Waals surface area contributed by atoms with E-state index in [-0.39, 0.29) is 11.4 Å². The zero-order valence-electron chi connectivity index (χ0n) is 9.65. The monoisotopic (exact) mass is 226 g/mol. The van der Waals surface area contributed by atoms with Crippen LogP contribution in [0.1, 0.15) is 31.6 Å². The van der Waals surface area contributed by atoms with E-state index >= 15 is 0 Å². The van der Waals surface area contributed by atoms with Crippen molar-refractivity contribution in [3.63, 3.8) is 0 Å². The van der Waals surface area contributed by atoms with E-state index in [1.54, 1.807) is 7.11 Å². The number of rotatable bonds is 4. The summed E-state index contributed by atoms with van der Waals surface area (Å²) in [6.07, 6.45) is 0.143. The van der Waals surface area contributed by atoms with Crippen molar-refractivity contribution in [2.24, 2.45) is 0 Å². The van der Waals surface area contributed by atoms with Crippen molar-refractivity contribution in [3.05, 3.63) is 23.8 Å². The van der Waals surface area contributed by atoms with Crippen molar-refractivity contribution in [2.45, 2.75) is 32.1 Å². The maximum absolute atomic E-state index is 5.67. The van der Waals surface area contributed by atoms with E-state index in [9.17, 15) is 0 Å². The van der Waals surface area contributed by atoms with Crippen LogP contribution in [0.4, 0.5) is 0 Å². The molecule has 0 radical (unpaired) electrons. The molecule has 84 valence electrons. The van der Waals surface area contributed by atoms with Crippen LogP contribution in [0.3, 0.4) is 0 Å². The Labute approximate surface area is 97.0 Å². The Morgan fingerprint density at radius 3 is 2.27 bits per heavy atom. The number of ether oxygens (including phenoxy) is 2. The average molecular weight is 226 g/mol. The Balaban J connectivity index is 3.02. The standard InChI is InChI=1S/C12H18O2S/c1-8(2)14-12-7-10(9(3)15)5-6-11(12)13-4/h5-9,15H,1-4H3. The lowest BCUT2D eigenvalue weighted by atomic mass is 10.1. The third-order valence-corrected chi connectivity index (χ3v) is 2.33. The van der Waals surface area contributed by atoms with Crippen molar-refractivity contribution in [3.8, 4) is 11.5 Å². The van der Waals surface area contributed by atoms with Crippen LogP contribution in [-0.4, -0.2) is 13.2 Å². The summed E-state index contributed by atoms with van der Waals surface area (Å²) in [6, 6.07) is 5.90. The van der Waals surface area contributed by atoms with Gasteiger partial charge in [-0.1, -0.05) is 6.07 Å². The van der Waals surface area contributed by atoms with E-state index in [2.05, 4.69) is 12.6 Å². The van der Waals surface area contributed by atoms with E-state index in [1.807, 2.05) is 39.0 Å². The Hall–Kier alpha value is -0.830. The van der Waals surface area contributed by atoms with Gasteiger partial charge < -0.3 is 9.47 Å². The molecule has 3 heteroatoms. The number of hydrogen-bond donors (Lipinski definition) is 1. The average Bonchev–Trinajstić information content (AvgIpc) is 2.16. The maximum Gasteiger partial charge on any atom is 0.161 e. The number of thiol groups is 1. The second-order valence-corrected chi connectivity index (χ2v) is 4.53. The highest BCUT2D eigenvalue weighted by molar-refractivity contribution is 7.80. The summed E-state index contributed by atoms with van der Waals surface area (Å²) in [7, 11) is 1.65. The van der Waals surface area contributed by atoms with Gasteiger partial charge in [-0.05, 0) is 38.5 Å². The first-order valence-corrected chi connectivity index (χ1v) is 5.59. The van der Waals surface area contributed by atoms with Gasteiger partial charge in [0.1, 0.15) is 0 Å². The molecular formula is C12H18O2S. The molecule has 1 unspecified atom stereocenters. The van der Waals surface area contributed by atoms with Crippen LogP contribution in [0, 0.1) is 0 Å². The lowest BCUT2D eigenvalue weighted by Gasteiger charge is -2.15. The van der Waals surface area contributed by atoms with Gasteiger partial charge in [-0.15, -0.1) is 0 Å². The molecule has 1 atom stereocenters. The summed E-state index contributed by atoms with van der Waals surface area (Å²) < 4.78 is 10.9. The van der Waals surface area contributed by atoms with Crippen LogP contribution in [-0.2, 0) is 0 Å². The fraction of sp³-hybridized carbons (Fsp3) is 0.500. The second-order valence-electron chi connectivity index (χ2n) is 3.75. The quantitative estimate of drug-likeness (QED) is 0.792. The predicted octanol–water partition coefficient (Wildman–Crippen LogP) is 3.47. The number of hydrogen-bond acceptors (Lipinski definition) is 3. The van der Waals surface area contributed by atoms with E-state index < -0.39 is 0 Å². The molecule has 2 nitrogen and oxygen atoms in total. The highest BCUT2D eigenvalue weighted by Gasteiger charge is 2.09. The lowest BCUT2D eigenvalue weighted by molar-refractivity contribution is 0.230. The second kappa shape index (κ2) is 5.31. The van der Waals surface area contributed by atoms with E-state index in [0.29, 0.717) is 0 Å². The summed E-state index contributed by atoms with van der Waals surface area (Å²) >= 11 is 4.39. The molecule has 1 aromatic rings. The molecule has 0 saturated carbocycles. The normalized spacial score (nSPS) is 12.7. The van der Waals surface area contributed by atoms with Gasteiger partial charge in [-0.2, -0.15) is 12.6 Å². The van der Waals surface area contributed by atoms with Gasteiger partial charge in [0.05, 0.1) is 13.2 Å². The fourth-order valence-corrected chi connectivity index (χ4v) is 1.46. The molecule has 0 amide bonds. The number of benzene rings is 1. The summed E-state index contributed by atoms with van der Waals surface area (Å²) in [5, 5.41) is 0.199.